The third-order valence-electron chi connectivity index (χ3n) is 10.4. The molecule has 0 amide bonds. The molecule has 2 aliphatic rings. The molecular formula is C42H45BNOP. The van der Waals surface area contributed by atoms with E-state index < -0.39 is 13.5 Å². The van der Waals surface area contributed by atoms with Crippen LogP contribution in [0.25, 0.3) is 0 Å². The third-order valence-corrected chi connectivity index (χ3v) is 13.5. The average molecular weight is 622 g/mol. The highest BCUT2D eigenvalue weighted by Gasteiger charge is 2.60. The van der Waals surface area contributed by atoms with E-state index in [1.165, 1.54) is 46.5 Å². The highest BCUT2D eigenvalue weighted by molar-refractivity contribution is 7.73. The second kappa shape index (κ2) is 13.7. The van der Waals surface area contributed by atoms with E-state index in [9.17, 15) is 0 Å². The van der Waals surface area contributed by atoms with Gasteiger partial charge in [-0.15, -0.1) is 0 Å². The second-order valence-electron chi connectivity index (χ2n) is 13.4. The highest BCUT2D eigenvalue weighted by atomic mass is 31.1. The molecule has 232 valence electrons. The van der Waals surface area contributed by atoms with Gasteiger partial charge in [-0.2, -0.15) is 0 Å². The molecule has 1 aliphatic heterocycles. The first-order chi connectivity index (χ1) is 22.6. The lowest BCUT2D eigenvalue weighted by molar-refractivity contribution is 0.0596. The number of rotatable bonds is 9. The quantitative estimate of drug-likeness (QED) is 0.121. The van der Waals surface area contributed by atoms with Gasteiger partial charge in [-0.25, -0.2) is 0 Å². The van der Waals surface area contributed by atoms with Gasteiger partial charge < -0.3 is 9.47 Å². The summed E-state index contributed by atoms with van der Waals surface area (Å²) in [5, 5.41) is 2.99. The van der Waals surface area contributed by atoms with Crippen molar-refractivity contribution in [1.82, 2.24) is 4.81 Å². The van der Waals surface area contributed by atoms with Crippen LogP contribution in [0.4, 0.5) is 0 Å². The largest absolute Gasteiger partial charge is 0.420 e. The van der Waals surface area contributed by atoms with Crippen LogP contribution in [0.2, 0.25) is 0 Å². The van der Waals surface area contributed by atoms with Crippen LogP contribution in [0.15, 0.2) is 152 Å². The van der Waals surface area contributed by atoms with Crippen molar-refractivity contribution in [2.24, 2.45) is 11.8 Å². The predicted molar refractivity (Wildman–Crippen MR) is 197 cm³/mol. The summed E-state index contributed by atoms with van der Waals surface area (Å²) < 4.78 is 7.67. The molecule has 2 fully saturated rings. The minimum atomic E-state index is -0.608. The molecular weight excluding hydrogens is 576 g/mol. The molecule has 46 heavy (non-hydrogen) atoms. The molecule has 5 aromatic rings. The summed E-state index contributed by atoms with van der Waals surface area (Å²) in [6, 6.07) is 56.2. The van der Waals surface area contributed by atoms with Gasteiger partial charge in [0.15, 0.2) is 0 Å². The number of hydrogen-bond acceptors (Lipinski definition) is 2. The van der Waals surface area contributed by atoms with Crippen LogP contribution in [-0.4, -0.2) is 29.6 Å². The number of hydrogen-bond donors (Lipinski definition) is 0. The Balaban J connectivity index is 1.38. The summed E-state index contributed by atoms with van der Waals surface area (Å²) in [5.41, 5.74) is 3.69. The van der Waals surface area contributed by atoms with Crippen LogP contribution < -0.4 is 16.1 Å². The van der Waals surface area contributed by atoms with Gasteiger partial charge in [0.1, 0.15) is 5.60 Å². The summed E-state index contributed by atoms with van der Waals surface area (Å²) in [6.45, 7) is 7.32. The summed E-state index contributed by atoms with van der Waals surface area (Å²) in [7, 11) is -0.677. The van der Waals surface area contributed by atoms with Crippen LogP contribution >= 0.6 is 7.92 Å². The van der Waals surface area contributed by atoms with Crippen molar-refractivity contribution in [3.05, 3.63) is 163 Å². The molecule has 7 rings (SSSR count). The van der Waals surface area contributed by atoms with E-state index in [1.807, 2.05) is 0 Å². The summed E-state index contributed by atoms with van der Waals surface area (Å²) >= 11 is 0. The van der Waals surface area contributed by atoms with Crippen molar-refractivity contribution in [2.45, 2.75) is 63.4 Å². The van der Waals surface area contributed by atoms with Gasteiger partial charge >= 0.3 is 7.05 Å². The molecule has 1 aliphatic carbocycles. The molecule has 0 bridgehead atoms. The Labute approximate surface area is 277 Å². The monoisotopic (exact) mass is 621 g/mol. The Hall–Kier alpha value is -3.49. The topological polar surface area (TPSA) is 12.5 Å². The molecule has 1 saturated heterocycles. The zero-order valence-corrected chi connectivity index (χ0v) is 28.2. The van der Waals surface area contributed by atoms with Crippen molar-refractivity contribution in [1.29, 1.82) is 0 Å². The molecule has 0 spiro atoms. The normalized spacial score (nSPS) is 22.0. The molecule has 1 saturated carbocycles. The van der Waals surface area contributed by atoms with E-state index in [0.717, 1.165) is 0 Å². The van der Waals surface area contributed by atoms with E-state index in [2.05, 4.69) is 177 Å². The van der Waals surface area contributed by atoms with Crippen molar-refractivity contribution >= 4 is 31.0 Å². The van der Waals surface area contributed by atoms with E-state index in [-0.39, 0.29) is 13.1 Å². The first kappa shape index (κ1) is 31.1. The van der Waals surface area contributed by atoms with Gasteiger partial charge in [0.2, 0.25) is 0 Å². The molecule has 0 aromatic heterocycles. The Morgan fingerprint density at radius 3 is 1.57 bits per heavy atom. The molecule has 5 aromatic carbocycles. The van der Waals surface area contributed by atoms with E-state index in [1.54, 1.807) is 0 Å². The van der Waals surface area contributed by atoms with Gasteiger partial charge in [0, 0.05) is 12.1 Å². The maximum absolute atomic E-state index is 7.67. The molecule has 1 heterocycles. The fourth-order valence-corrected chi connectivity index (χ4v) is 11.9. The first-order valence-corrected chi connectivity index (χ1v) is 18.5. The average Bonchev–Trinajstić information content (AvgIpc) is 3.75. The fraction of sp³-hybridized carbons (Fsp3) is 0.286. The summed E-state index contributed by atoms with van der Waals surface area (Å²) in [4.78, 5) is 2.81. The van der Waals surface area contributed by atoms with Crippen molar-refractivity contribution in [2.75, 3.05) is 0 Å². The van der Waals surface area contributed by atoms with Crippen molar-refractivity contribution in [3.63, 3.8) is 0 Å². The fourth-order valence-electron chi connectivity index (χ4n) is 8.60. The van der Waals surface area contributed by atoms with Crippen LogP contribution in [0.5, 0.6) is 0 Å². The molecule has 0 N–H and O–H groups in total. The summed E-state index contributed by atoms with van der Waals surface area (Å²) in [5.74, 6) is 0.895. The lowest BCUT2D eigenvalue weighted by atomic mass is 9.68. The van der Waals surface area contributed by atoms with Crippen molar-refractivity contribution in [3.8, 4) is 0 Å². The molecule has 2 unspecified atom stereocenters. The van der Waals surface area contributed by atoms with Crippen LogP contribution in [0.3, 0.4) is 0 Å². The SMILES string of the molecule is CC(C)[C@@H]1N([C@H](C)C2CCCC2P(c2ccccc2)c2ccccc2)B(c2ccccc2)OC1(c1ccccc1)c1ccccc1. The Kier molecular flexibility index (Phi) is 9.28. The Bertz CT molecular complexity index is 1590. The van der Waals surface area contributed by atoms with E-state index in [4.69, 9.17) is 4.65 Å². The molecule has 2 nitrogen and oxygen atoms in total. The molecule has 4 heteroatoms. The van der Waals surface area contributed by atoms with E-state index >= 15 is 0 Å². The van der Waals surface area contributed by atoms with E-state index in [0.29, 0.717) is 23.5 Å². The molecule has 0 radical (unpaired) electrons. The van der Waals surface area contributed by atoms with Crippen molar-refractivity contribution < 1.29 is 4.65 Å². The zero-order chi connectivity index (χ0) is 31.5. The minimum Gasteiger partial charge on any atom is -0.402 e. The maximum atomic E-state index is 7.67. The standard InChI is InChI=1S/C42H45BNOP/c1-32(2)41-42(34-20-9-4-10-21-34,35-22-11-5-12-23-35)45-43(36-24-13-6-14-25-36)44(41)33(3)39-30-19-31-40(39)46(37-26-15-7-16-27-37)38-28-17-8-18-29-38/h4-18,20-29,32-33,39-41H,19,30-31H2,1-3H3/t33-,39?,40?,41+/m1/s1. The Morgan fingerprint density at radius 1 is 0.630 bits per heavy atom. The minimum absolute atomic E-state index is 0.137. The third kappa shape index (κ3) is 5.68. The van der Waals surface area contributed by atoms with Crippen LogP contribution in [-0.2, 0) is 10.3 Å². The van der Waals surface area contributed by atoms with Gasteiger partial charge in [-0.05, 0) is 65.5 Å². The van der Waals surface area contributed by atoms with Crippen LogP contribution in [0.1, 0.15) is 51.2 Å². The lowest BCUT2D eigenvalue weighted by Gasteiger charge is -2.45. The van der Waals surface area contributed by atoms with Gasteiger partial charge in [0.25, 0.3) is 0 Å². The van der Waals surface area contributed by atoms with Gasteiger partial charge in [0.05, 0.1) is 0 Å². The lowest BCUT2D eigenvalue weighted by Crippen LogP contribution is -2.57. The highest BCUT2D eigenvalue weighted by Crippen LogP contribution is 2.54. The second-order valence-corrected chi connectivity index (χ2v) is 15.9. The Morgan fingerprint density at radius 2 is 1.09 bits per heavy atom. The summed E-state index contributed by atoms with van der Waals surface area (Å²) in [6.07, 6.45) is 3.79. The molecule has 4 atom stereocenters. The maximum Gasteiger partial charge on any atom is 0.420 e. The van der Waals surface area contributed by atoms with Gasteiger partial charge in [-0.3, -0.25) is 0 Å². The number of nitrogens with zero attached hydrogens (tertiary/aromatic N) is 1. The number of benzene rings is 5. The van der Waals surface area contributed by atoms with Gasteiger partial charge in [-0.1, -0.05) is 179 Å². The van der Waals surface area contributed by atoms with Crippen LogP contribution in [0, 0.1) is 11.8 Å². The first-order valence-electron chi connectivity index (χ1n) is 17.1. The predicted octanol–water partition coefficient (Wildman–Crippen LogP) is 8.37. The zero-order valence-electron chi connectivity index (χ0n) is 27.3. The smallest absolute Gasteiger partial charge is 0.402 e.